The number of hydrogen-bond acceptors (Lipinski definition) is 4. The molecule has 1 heterocycles. The lowest BCUT2D eigenvalue weighted by atomic mass is 10.1. The Kier molecular flexibility index (Phi) is 6.95. The van der Waals surface area contributed by atoms with Crippen LogP contribution < -0.4 is 5.32 Å². The van der Waals surface area contributed by atoms with Gasteiger partial charge in [-0.2, -0.15) is 13.2 Å². The van der Waals surface area contributed by atoms with Gasteiger partial charge < -0.3 is 9.88 Å². The molecule has 1 amide bonds. The highest BCUT2D eigenvalue weighted by Gasteiger charge is 2.33. The van der Waals surface area contributed by atoms with Crippen LogP contribution in [0.5, 0.6) is 0 Å². The van der Waals surface area contributed by atoms with E-state index in [9.17, 15) is 18.0 Å². The molecule has 1 N–H and O–H groups in total. The Hall–Kier alpha value is -2.23. The summed E-state index contributed by atoms with van der Waals surface area (Å²) in [6.07, 6.45) is -4.56. The summed E-state index contributed by atoms with van der Waals surface area (Å²) in [6, 6.07) is 9.80. The third-order valence-electron chi connectivity index (χ3n) is 4.04. The van der Waals surface area contributed by atoms with Crippen LogP contribution in [0.3, 0.4) is 0 Å². The van der Waals surface area contributed by atoms with Gasteiger partial charge in [-0.3, -0.25) is 4.79 Å². The Morgan fingerprint density at radius 3 is 2.57 bits per heavy atom. The van der Waals surface area contributed by atoms with Crippen LogP contribution in [0.1, 0.15) is 12.5 Å². The molecular weight excluding hydrogens is 460 g/mol. The lowest BCUT2D eigenvalue weighted by Gasteiger charge is -2.13. The van der Waals surface area contributed by atoms with E-state index in [1.54, 1.807) is 22.8 Å². The van der Waals surface area contributed by atoms with Gasteiger partial charge in [-0.1, -0.05) is 47.1 Å². The van der Waals surface area contributed by atoms with Crippen LogP contribution in [-0.2, 0) is 17.5 Å². The number of benzene rings is 2. The molecule has 5 nitrogen and oxygen atoms in total. The van der Waals surface area contributed by atoms with Gasteiger partial charge in [-0.15, -0.1) is 10.2 Å². The Labute approximate surface area is 184 Å². The molecule has 1 aromatic heterocycles. The molecular formula is C19H15Cl2F3N4OS. The van der Waals surface area contributed by atoms with E-state index >= 15 is 0 Å². The van der Waals surface area contributed by atoms with E-state index in [-0.39, 0.29) is 11.4 Å². The molecule has 0 saturated heterocycles. The molecule has 30 heavy (non-hydrogen) atoms. The van der Waals surface area contributed by atoms with Gasteiger partial charge in [0.15, 0.2) is 11.0 Å². The van der Waals surface area contributed by atoms with Crippen molar-refractivity contribution in [2.24, 2.45) is 0 Å². The molecule has 0 saturated carbocycles. The highest BCUT2D eigenvalue weighted by molar-refractivity contribution is 7.99. The van der Waals surface area contributed by atoms with E-state index in [2.05, 4.69) is 15.5 Å². The topological polar surface area (TPSA) is 59.8 Å². The first kappa shape index (κ1) is 22.5. The van der Waals surface area contributed by atoms with Crippen LogP contribution >= 0.6 is 35.0 Å². The highest BCUT2D eigenvalue weighted by Crippen LogP contribution is 2.35. The Balaban J connectivity index is 1.74. The maximum Gasteiger partial charge on any atom is 0.418 e. The number of nitrogens with one attached hydrogen (secondary N) is 1. The summed E-state index contributed by atoms with van der Waals surface area (Å²) < 4.78 is 41.0. The van der Waals surface area contributed by atoms with Crippen molar-refractivity contribution in [2.75, 3.05) is 11.1 Å². The zero-order valence-corrected chi connectivity index (χ0v) is 17.8. The van der Waals surface area contributed by atoms with Crippen LogP contribution in [0.4, 0.5) is 18.9 Å². The second-order valence-electron chi connectivity index (χ2n) is 6.05. The third-order valence-corrected chi connectivity index (χ3v) is 5.56. The van der Waals surface area contributed by atoms with Gasteiger partial charge >= 0.3 is 6.18 Å². The number of para-hydroxylation sites is 1. The first-order chi connectivity index (χ1) is 14.2. The third kappa shape index (κ3) is 5.08. The predicted octanol–water partition coefficient (Wildman–Crippen LogP) is 6.02. The molecule has 0 atom stereocenters. The van der Waals surface area contributed by atoms with Gasteiger partial charge in [0.25, 0.3) is 0 Å². The van der Waals surface area contributed by atoms with Gasteiger partial charge in [0.1, 0.15) is 0 Å². The lowest BCUT2D eigenvalue weighted by molar-refractivity contribution is -0.137. The van der Waals surface area contributed by atoms with Gasteiger partial charge in [0.05, 0.1) is 22.0 Å². The minimum atomic E-state index is -4.56. The number of nitrogens with zero attached hydrogens (tertiary/aromatic N) is 3. The summed E-state index contributed by atoms with van der Waals surface area (Å²) in [5.74, 6) is -0.225. The maximum atomic E-state index is 13.1. The second-order valence-corrected chi connectivity index (χ2v) is 7.84. The van der Waals surface area contributed by atoms with Crippen LogP contribution in [0.25, 0.3) is 11.4 Å². The molecule has 0 bridgehead atoms. The van der Waals surface area contributed by atoms with Gasteiger partial charge in [0.2, 0.25) is 5.91 Å². The fourth-order valence-electron chi connectivity index (χ4n) is 2.71. The number of carbonyl (C=O) groups excluding carboxylic acids is 1. The Morgan fingerprint density at radius 1 is 1.17 bits per heavy atom. The molecule has 0 aliphatic rings. The largest absolute Gasteiger partial charge is 0.418 e. The summed E-state index contributed by atoms with van der Waals surface area (Å²) in [5, 5.41) is 11.9. The molecule has 0 fully saturated rings. The molecule has 3 aromatic rings. The van der Waals surface area contributed by atoms with Crippen molar-refractivity contribution in [3.63, 3.8) is 0 Å². The average molecular weight is 475 g/mol. The number of anilines is 1. The second kappa shape index (κ2) is 9.28. The van der Waals surface area contributed by atoms with Gasteiger partial charge in [-0.25, -0.2) is 0 Å². The summed E-state index contributed by atoms with van der Waals surface area (Å²) in [4.78, 5) is 12.2. The normalized spacial score (nSPS) is 11.5. The monoisotopic (exact) mass is 474 g/mol. The summed E-state index contributed by atoms with van der Waals surface area (Å²) in [6.45, 7) is 2.38. The van der Waals surface area contributed by atoms with Crippen molar-refractivity contribution in [2.45, 2.75) is 24.8 Å². The van der Waals surface area contributed by atoms with E-state index in [0.717, 1.165) is 17.8 Å². The van der Waals surface area contributed by atoms with Crippen molar-refractivity contribution >= 4 is 46.6 Å². The first-order valence-corrected chi connectivity index (χ1v) is 10.4. The molecule has 2 aromatic carbocycles. The summed E-state index contributed by atoms with van der Waals surface area (Å²) in [7, 11) is 0. The zero-order valence-electron chi connectivity index (χ0n) is 15.5. The SMILES string of the molecule is CCn1c(SCC(=O)Nc2ccccc2C(F)(F)F)nnc1-c1ccc(Cl)cc1Cl. The van der Waals surface area contributed by atoms with Crippen LogP contribution in [0.15, 0.2) is 47.6 Å². The molecule has 0 aliphatic heterocycles. The van der Waals surface area contributed by atoms with Crippen LogP contribution in [0, 0.1) is 0 Å². The molecule has 0 spiro atoms. The molecule has 3 rings (SSSR count). The number of halogens is 5. The number of amides is 1. The van der Waals surface area contributed by atoms with E-state index in [1.165, 1.54) is 18.2 Å². The highest BCUT2D eigenvalue weighted by atomic mass is 35.5. The fraction of sp³-hybridized carbons (Fsp3) is 0.211. The number of hydrogen-bond donors (Lipinski definition) is 1. The summed E-state index contributed by atoms with van der Waals surface area (Å²) >= 11 is 13.2. The quantitative estimate of drug-likeness (QED) is 0.443. The van der Waals surface area contributed by atoms with E-state index in [0.29, 0.717) is 33.1 Å². The Morgan fingerprint density at radius 2 is 1.90 bits per heavy atom. The molecule has 0 aliphatic carbocycles. The van der Waals surface area contributed by atoms with E-state index in [4.69, 9.17) is 23.2 Å². The standard InChI is InChI=1S/C19H15Cl2F3N4OS/c1-2-28-17(12-8-7-11(20)9-14(12)21)26-27-18(28)30-10-16(29)25-15-6-4-3-5-13(15)19(22,23)24/h3-9H,2,10H2,1H3,(H,25,29). The minimum Gasteiger partial charge on any atom is -0.325 e. The van der Waals surface area contributed by atoms with E-state index in [1.807, 2.05) is 6.92 Å². The minimum absolute atomic E-state index is 0.140. The van der Waals surface area contributed by atoms with Gasteiger partial charge in [0, 0.05) is 17.1 Å². The molecule has 158 valence electrons. The number of alkyl halides is 3. The first-order valence-electron chi connectivity index (χ1n) is 8.68. The Bertz CT molecular complexity index is 1070. The van der Waals surface area contributed by atoms with Gasteiger partial charge in [-0.05, 0) is 37.3 Å². The average Bonchev–Trinajstić information content (AvgIpc) is 3.08. The molecule has 0 unspecified atom stereocenters. The van der Waals surface area contributed by atoms with Crippen molar-refractivity contribution in [1.29, 1.82) is 0 Å². The number of thioether (sulfide) groups is 1. The predicted molar refractivity (Wildman–Crippen MR) is 112 cm³/mol. The van der Waals surface area contributed by atoms with Crippen molar-refractivity contribution < 1.29 is 18.0 Å². The molecule has 0 radical (unpaired) electrons. The smallest absolute Gasteiger partial charge is 0.325 e. The molecule has 11 heteroatoms. The zero-order chi connectivity index (χ0) is 21.9. The number of rotatable bonds is 6. The lowest BCUT2D eigenvalue weighted by Crippen LogP contribution is -2.18. The van der Waals surface area contributed by atoms with Crippen molar-refractivity contribution in [1.82, 2.24) is 14.8 Å². The number of aromatic nitrogens is 3. The van der Waals surface area contributed by atoms with Crippen molar-refractivity contribution in [3.05, 3.63) is 58.1 Å². The van der Waals surface area contributed by atoms with Crippen molar-refractivity contribution in [3.8, 4) is 11.4 Å². The number of carbonyl (C=O) groups is 1. The summed E-state index contributed by atoms with van der Waals surface area (Å²) in [5.41, 5.74) is -0.563. The van der Waals surface area contributed by atoms with E-state index < -0.39 is 17.6 Å². The van der Waals surface area contributed by atoms with Crippen LogP contribution in [-0.4, -0.2) is 26.4 Å². The maximum absolute atomic E-state index is 13.1. The fourth-order valence-corrected chi connectivity index (χ4v) is 4.00. The van der Waals surface area contributed by atoms with Crippen LogP contribution in [0.2, 0.25) is 10.0 Å².